The van der Waals surface area contributed by atoms with Crippen LogP contribution in [0.25, 0.3) is 11.3 Å². The van der Waals surface area contributed by atoms with Crippen LogP contribution in [0.4, 0.5) is 4.79 Å². The summed E-state index contributed by atoms with van der Waals surface area (Å²) in [4.78, 5) is 14.4. The van der Waals surface area contributed by atoms with E-state index in [2.05, 4.69) is 17.3 Å². The summed E-state index contributed by atoms with van der Waals surface area (Å²) >= 11 is 0. The molecule has 1 aromatic heterocycles. The molecule has 122 valence electrons. The molecule has 2 aromatic rings. The first-order valence-electron chi connectivity index (χ1n) is 8.31. The lowest BCUT2D eigenvalue weighted by molar-refractivity contribution is 0.194. The van der Waals surface area contributed by atoms with Crippen molar-refractivity contribution < 1.29 is 4.79 Å². The third-order valence-electron chi connectivity index (χ3n) is 4.09. The summed E-state index contributed by atoms with van der Waals surface area (Å²) < 4.78 is 1.80. The van der Waals surface area contributed by atoms with E-state index in [1.54, 1.807) is 4.68 Å². The number of carbonyl (C=O) groups excluding carboxylic acids is 1. The Hall–Kier alpha value is -2.30. The Bertz CT molecular complexity index is 661. The van der Waals surface area contributed by atoms with Gasteiger partial charge in [-0.05, 0) is 19.3 Å². The minimum absolute atomic E-state index is 0.0391. The summed E-state index contributed by atoms with van der Waals surface area (Å²) in [6, 6.07) is 10.6. The second kappa shape index (κ2) is 6.86. The molecule has 5 heteroatoms. The van der Waals surface area contributed by atoms with E-state index in [1.165, 1.54) is 0 Å². The van der Waals surface area contributed by atoms with Gasteiger partial charge in [0.15, 0.2) is 0 Å². The number of hydrogen-bond acceptors (Lipinski definition) is 2. The maximum atomic E-state index is 12.4. The topological polar surface area (TPSA) is 50.2 Å². The molecule has 1 fully saturated rings. The Balaban J connectivity index is 1.70. The van der Waals surface area contributed by atoms with E-state index in [1.807, 2.05) is 48.5 Å². The van der Waals surface area contributed by atoms with Crippen molar-refractivity contribution in [1.29, 1.82) is 0 Å². The molecule has 0 unspecified atom stereocenters. The number of nitrogens with one attached hydrogen (secondary N) is 1. The van der Waals surface area contributed by atoms with Crippen LogP contribution in [-0.2, 0) is 13.6 Å². The zero-order chi connectivity index (χ0) is 16.2. The van der Waals surface area contributed by atoms with Crippen LogP contribution >= 0.6 is 0 Å². The highest BCUT2D eigenvalue weighted by Gasteiger charge is 2.31. The first kappa shape index (κ1) is 15.6. The van der Waals surface area contributed by atoms with Crippen molar-refractivity contribution in [2.24, 2.45) is 7.05 Å². The molecule has 0 saturated heterocycles. The quantitative estimate of drug-likeness (QED) is 0.890. The maximum Gasteiger partial charge on any atom is 0.317 e. The van der Waals surface area contributed by atoms with Gasteiger partial charge in [0.25, 0.3) is 0 Å². The molecule has 1 saturated carbocycles. The molecule has 23 heavy (non-hydrogen) atoms. The van der Waals surface area contributed by atoms with Crippen LogP contribution in [-0.4, -0.2) is 33.3 Å². The number of urea groups is 1. The van der Waals surface area contributed by atoms with Crippen LogP contribution in [0.3, 0.4) is 0 Å². The third-order valence-corrected chi connectivity index (χ3v) is 4.09. The summed E-state index contributed by atoms with van der Waals surface area (Å²) in [6.45, 7) is 3.44. The highest BCUT2D eigenvalue weighted by molar-refractivity contribution is 5.75. The van der Waals surface area contributed by atoms with Crippen molar-refractivity contribution in [3.63, 3.8) is 0 Å². The number of hydrogen-bond donors (Lipinski definition) is 1. The fourth-order valence-corrected chi connectivity index (χ4v) is 2.86. The predicted molar refractivity (Wildman–Crippen MR) is 90.9 cm³/mol. The molecule has 1 aliphatic rings. The molecule has 3 rings (SSSR count). The SMILES string of the molecule is CCCN(C(=O)NCc1cn(C)nc1-c1ccccc1)C1CC1. The number of rotatable bonds is 6. The molecule has 1 heterocycles. The molecule has 1 aliphatic carbocycles. The highest BCUT2D eigenvalue weighted by Crippen LogP contribution is 2.27. The molecule has 2 amide bonds. The van der Waals surface area contributed by atoms with Gasteiger partial charge in [-0.2, -0.15) is 5.10 Å². The van der Waals surface area contributed by atoms with Crippen LogP contribution < -0.4 is 5.32 Å². The lowest BCUT2D eigenvalue weighted by Crippen LogP contribution is -2.41. The smallest absolute Gasteiger partial charge is 0.317 e. The molecule has 0 spiro atoms. The predicted octanol–water partition coefficient (Wildman–Crippen LogP) is 3.17. The zero-order valence-corrected chi connectivity index (χ0v) is 13.8. The Morgan fingerprint density at radius 1 is 1.35 bits per heavy atom. The number of amides is 2. The van der Waals surface area contributed by atoms with E-state index in [-0.39, 0.29) is 6.03 Å². The van der Waals surface area contributed by atoms with Crippen LogP contribution in [0.5, 0.6) is 0 Å². The number of benzene rings is 1. The third kappa shape index (κ3) is 3.73. The Morgan fingerprint density at radius 2 is 2.09 bits per heavy atom. The molecule has 1 aromatic carbocycles. The number of aromatic nitrogens is 2. The molecule has 0 radical (unpaired) electrons. The van der Waals surface area contributed by atoms with E-state index in [0.717, 1.165) is 42.6 Å². The van der Waals surface area contributed by atoms with Gasteiger partial charge in [-0.25, -0.2) is 4.79 Å². The minimum atomic E-state index is 0.0391. The minimum Gasteiger partial charge on any atom is -0.334 e. The standard InChI is InChI=1S/C18H24N4O/c1-3-11-22(16-9-10-16)18(23)19-12-15-13-21(2)20-17(15)14-7-5-4-6-8-14/h4-8,13,16H,3,9-12H2,1-2H3,(H,19,23). The van der Waals surface area contributed by atoms with E-state index in [4.69, 9.17) is 0 Å². The van der Waals surface area contributed by atoms with Gasteiger partial charge in [0.05, 0.1) is 5.69 Å². The van der Waals surface area contributed by atoms with Gasteiger partial charge in [0, 0.05) is 43.5 Å². The molecule has 0 aliphatic heterocycles. The molecular formula is C18H24N4O. The van der Waals surface area contributed by atoms with E-state index < -0.39 is 0 Å². The van der Waals surface area contributed by atoms with Crippen LogP contribution in [0.2, 0.25) is 0 Å². The van der Waals surface area contributed by atoms with E-state index in [0.29, 0.717) is 12.6 Å². The number of carbonyl (C=O) groups is 1. The van der Waals surface area contributed by atoms with Gasteiger partial charge >= 0.3 is 6.03 Å². The van der Waals surface area contributed by atoms with Gasteiger partial charge in [-0.15, -0.1) is 0 Å². The monoisotopic (exact) mass is 312 g/mol. The van der Waals surface area contributed by atoms with Crippen molar-refractivity contribution in [3.8, 4) is 11.3 Å². The van der Waals surface area contributed by atoms with Gasteiger partial charge < -0.3 is 10.2 Å². The summed E-state index contributed by atoms with van der Waals surface area (Å²) in [5.41, 5.74) is 3.05. The van der Waals surface area contributed by atoms with Crippen molar-refractivity contribution in [1.82, 2.24) is 20.0 Å². The van der Waals surface area contributed by atoms with Gasteiger partial charge in [0.1, 0.15) is 0 Å². The molecule has 5 nitrogen and oxygen atoms in total. The van der Waals surface area contributed by atoms with Crippen molar-refractivity contribution >= 4 is 6.03 Å². The van der Waals surface area contributed by atoms with Crippen LogP contribution in [0.1, 0.15) is 31.7 Å². The van der Waals surface area contributed by atoms with Crippen molar-refractivity contribution in [3.05, 3.63) is 42.1 Å². The summed E-state index contributed by atoms with van der Waals surface area (Å²) in [5.74, 6) is 0. The second-order valence-corrected chi connectivity index (χ2v) is 6.13. The molecule has 0 bridgehead atoms. The van der Waals surface area contributed by atoms with E-state index in [9.17, 15) is 4.79 Å². The molecule has 0 atom stereocenters. The van der Waals surface area contributed by atoms with E-state index >= 15 is 0 Å². The number of aryl methyl sites for hydroxylation is 1. The fraction of sp³-hybridized carbons (Fsp3) is 0.444. The Morgan fingerprint density at radius 3 is 2.74 bits per heavy atom. The first-order valence-corrected chi connectivity index (χ1v) is 8.31. The summed E-state index contributed by atoms with van der Waals surface area (Å²) in [5, 5.41) is 7.60. The summed E-state index contributed by atoms with van der Waals surface area (Å²) in [7, 11) is 1.91. The fourth-order valence-electron chi connectivity index (χ4n) is 2.86. The van der Waals surface area contributed by atoms with Gasteiger partial charge in [-0.3, -0.25) is 4.68 Å². The second-order valence-electron chi connectivity index (χ2n) is 6.13. The largest absolute Gasteiger partial charge is 0.334 e. The molecule has 1 N–H and O–H groups in total. The Labute approximate surface area is 137 Å². The molecular weight excluding hydrogens is 288 g/mol. The normalized spacial score (nSPS) is 13.8. The lowest BCUT2D eigenvalue weighted by atomic mass is 10.1. The first-order chi connectivity index (χ1) is 11.2. The van der Waals surface area contributed by atoms with Crippen molar-refractivity contribution in [2.45, 2.75) is 38.8 Å². The average Bonchev–Trinajstić information content (AvgIpc) is 3.33. The number of nitrogens with zero attached hydrogens (tertiary/aromatic N) is 3. The Kier molecular flexibility index (Phi) is 4.65. The van der Waals surface area contributed by atoms with Crippen LogP contribution in [0, 0.1) is 0 Å². The highest BCUT2D eigenvalue weighted by atomic mass is 16.2. The average molecular weight is 312 g/mol. The maximum absolute atomic E-state index is 12.4. The van der Waals surface area contributed by atoms with Gasteiger partial charge in [-0.1, -0.05) is 37.3 Å². The van der Waals surface area contributed by atoms with Crippen LogP contribution in [0.15, 0.2) is 36.5 Å². The lowest BCUT2D eigenvalue weighted by Gasteiger charge is -2.22. The van der Waals surface area contributed by atoms with Gasteiger partial charge in [0.2, 0.25) is 0 Å². The van der Waals surface area contributed by atoms with Crippen molar-refractivity contribution in [2.75, 3.05) is 6.54 Å². The summed E-state index contributed by atoms with van der Waals surface area (Å²) in [6.07, 6.45) is 5.24. The zero-order valence-electron chi connectivity index (χ0n) is 13.8.